The molecule has 0 bridgehead atoms. The number of likely N-dealkylation sites (tertiary alicyclic amines) is 1. The van der Waals surface area contributed by atoms with Crippen molar-refractivity contribution in [2.24, 2.45) is 18.4 Å². The summed E-state index contributed by atoms with van der Waals surface area (Å²) in [4.78, 5) is 15.9. The average molecular weight is 565 g/mol. The minimum absolute atomic E-state index is 0.135. The van der Waals surface area contributed by atoms with Crippen LogP contribution in [0.2, 0.25) is 0 Å². The lowest BCUT2D eigenvalue weighted by Crippen LogP contribution is -2.54. The zero-order valence-electron chi connectivity index (χ0n) is 23.5. The fourth-order valence-corrected chi connectivity index (χ4v) is 7.85. The first-order chi connectivity index (χ1) is 19.6. The van der Waals surface area contributed by atoms with Crippen molar-refractivity contribution >= 4 is 5.52 Å². The van der Waals surface area contributed by atoms with E-state index in [1.54, 1.807) is 18.6 Å². The largest absolute Gasteiger partial charge is 0.418 e. The molecule has 41 heavy (non-hydrogen) atoms. The van der Waals surface area contributed by atoms with Crippen molar-refractivity contribution in [2.75, 3.05) is 13.1 Å². The van der Waals surface area contributed by atoms with Gasteiger partial charge in [0.1, 0.15) is 12.2 Å². The molecule has 1 aromatic carbocycles. The number of benzene rings is 1. The zero-order valence-corrected chi connectivity index (χ0v) is 23.5. The van der Waals surface area contributed by atoms with Crippen LogP contribution in [0.5, 0.6) is 0 Å². The third kappa shape index (κ3) is 4.33. The minimum atomic E-state index is -4.59. The average Bonchev–Trinajstić information content (AvgIpc) is 3.45. The van der Waals surface area contributed by atoms with Gasteiger partial charge < -0.3 is 4.57 Å². The monoisotopic (exact) mass is 564 g/mol. The van der Waals surface area contributed by atoms with Crippen molar-refractivity contribution in [3.8, 4) is 5.69 Å². The van der Waals surface area contributed by atoms with Crippen molar-refractivity contribution in [2.45, 2.75) is 70.0 Å². The molecule has 216 valence electrons. The number of halogens is 3. The van der Waals surface area contributed by atoms with Crippen LogP contribution in [0.15, 0.2) is 53.8 Å². The Morgan fingerprint density at radius 3 is 2.56 bits per heavy atom. The summed E-state index contributed by atoms with van der Waals surface area (Å²) in [5.74, 6) is 1.39. The van der Waals surface area contributed by atoms with Crippen LogP contribution in [0, 0.1) is 11.3 Å². The molecular weight excluding hydrogens is 529 g/mol. The summed E-state index contributed by atoms with van der Waals surface area (Å²) in [5, 5.41) is 8.62. The van der Waals surface area contributed by atoms with Gasteiger partial charge >= 0.3 is 11.9 Å². The molecule has 2 saturated carbocycles. The van der Waals surface area contributed by atoms with Crippen LogP contribution >= 0.6 is 0 Å². The van der Waals surface area contributed by atoms with E-state index in [4.69, 9.17) is 0 Å². The van der Waals surface area contributed by atoms with Crippen LogP contribution in [0.3, 0.4) is 0 Å². The molecule has 1 aliphatic heterocycles. The summed E-state index contributed by atoms with van der Waals surface area (Å²) in [7, 11) is 1.94. The van der Waals surface area contributed by atoms with Crippen molar-refractivity contribution in [1.82, 2.24) is 28.6 Å². The maximum Gasteiger partial charge on any atom is 0.418 e. The van der Waals surface area contributed by atoms with Gasteiger partial charge in [-0.25, -0.2) is 4.79 Å². The number of hydrogen-bond acceptors (Lipinski definition) is 4. The van der Waals surface area contributed by atoms with Crippen LogP contribution in [-0.4, -0.2) is 41.7 Å². The highest BCUT2D eigenvalue weighted by Crippen LogP contribution is 2.66. The number of rotatable bonds is 5. The number of piperidine rings is 1. The Hall–Kier alpha value is -3.40. The van der Waals surface area contributed by atoms with Crippen molar-refractivity contribution < 1.29 is 13.2 Å². The molecule has 3 fully saturated rings. The molecular formula is C31H35F3N6O. The topological polar surface area (TPSA) is 60.4 Å². The summed E-state index contributed by atoms with van der Waals surface area (Å²) in [6, 6.07) is 8.88. The second-order valence-corrected chi connectivity index (χ2v) is 12.9. The van der Waals surface area contributed by atoms with Crippen LogP contribution in [0.1, 0.15) is 74.4 Å². The molecule has 4 heterocycles. The molecule has 0 N–H and O–H groups in total. The molecule has 10 heteroatoms. The molecule has 2 aliphatic carbocycles. The van der Waals surface area contributed by atoms with Gasteiger partial charge in [0.05, 0.1) is 22.2 Å². The number of hydrogen-bond donors (Lipinski definition) is 0. The van der Waals surface area contributed by atoms with Gasteiger partial charge in [-0.1, -0.05) is 25.5 Å². The van der Waals surface area contributed by atoms with Gasteiger partial charge in [0.25, 0.3) is 0 Å². The highest BCUT2D eigenvalue weighted by molar-refractivity contribution is 5.58. The molecule has 3 aliphatic rings. The number of nitrogens with zero attached hydrogens (tertiary/aromatic N) is 6. The predicted octanol–water partition coefficient (Wildman–Crippen LogP) is 5.72. The molecule has 1 atom stereocenters. The zero-order chi connectivity index (χ0) is 28.6. The van der Waals surface area contributed by atoms with E-state index in [1.165, 1.54) is 40.5 Å². The summed E-state index contributed by atoms with van der Waals surface area (Å²) in [6.07, 6.45) is 7.75. The lowest BCUT2D eigenvalue weighted by molar-refractivity contribution is -0.136. The van der Waals surface area contributed by atoms with E-state index in [0.717, 1.165) is 50.2 Å². The van der Waals surface area contributed by atoms with Crippen molar-refractivity contribution in [3.05, 3.63) is 82.1 Å². The van der Waals surface area contributed by atoms with Gasteiger partial charge in [-0.15, -0.1) is 10.2 Å². The van der Waals surface area contributed by atoms with Gasteiger partial charge in [0, 0.05) is 32.5 Å². The SMILES string of the molecule is C[C@H]1CCCN(Cc2cc(C(F)(F)F)c3cn(-c4cccc(C5(c6nncn6C)CC6(CCC6)C5)c4)c(=O)n3c2)C1. The Morgan fingerprint density at radius 1 is 1.10 bits per heavy atom. The molecule has 3 aromatic heterocycles. The third-order valence-electron chi connectivity index (χ3n) is 9.86. The first-order valence-electron chi connectivity index (χ1n) is 14.6. The van der Waals surface area contributed by atoms with Gasteiger partial charge in [-0.2, -0.15) is 13.2 Å². The Labute approximate surface area is 236 Å². The van der Waals surface area contributed by atoms with Crippen LogP contribution < -0.4 is 5.69 Å². The first-order valence-corrected chi connectivity index (χ1v) is 14.6. The molecule has 0 unspecified atom stereocenters. The maximum absolute atomic E-state index is 14.3. The van der Waals surface area contributed by atoms with Gasteiger partial charge in [-0.3, -0.25) is 13.9 Å². The fraction of sp³-hybridized carbons (Fsp3) is 0.516. The summed E-state index contributed by atoms with van der Waals surface area (Å²) in [5.41, 5.74) is 0.627. The Kier molecular flexibility index (Phi) is 6.01. The minimum Gasteiger partial charge on any atom is -0.320 e. The Morgan fingerprint density at radius 2 is 1.90 bits per heavy atom. The van der Waals surface area contributed by atoms with Crippen LogP contribution in [0.4, 0.5) is 13.2 Å². The number of aromatic nitrogens is 5. The second kappa shape index (κ2) is 9.31. The molecule has 1 saturated heterocycles. The molecule has 0 radical (unpaired) electrons. The Balaban J connectivity index is 1.31. The van der Waals surface area contributed by atoms with Gasteiger partial charge in [0.15, 0.2) is 0 Å². The fourth-order valence-electron chi connectivity index (χ4n) is 7.85. The molecule has 1 spiro atoms. The van der Waals surface area contributed by atoms with E-state index in [9.17, 15) is 18.0 Å². The first kappa shape index (κ1) is 26.5. The van der Waals surface area contributed by atoms with E-state index >= 15 is 0 Å². The number of aryl methyl sites for hydroxylation is 1. The highest BCUT2D eigenvalue weighted by atomic mass is 19.4. The summed E-state index contributed by atoms with van der Waals surface area (Å²) >= 11 is 0. The molecule has 7 rings (SSSR count). The smallest absolute Gasteiger partial charge is 0.320 e. The van der Waals surface area contributed by atoms with E-state index in [0.29, 0.717) is 29.1 Å². The van der Waals surface area contributed by atoms with Gasteiger partial charge in [-0.05, 0) is 85.7 Å². The Bertz CT molecular complexity index is 1670. The lowest BCUT2D eigenvalue weighted by atomic mass is 9.43. The maximum atomic E-state index is 14.3. The summed E-state index contributed by atoms with van der Waals surface area (Å²) < 4.78 is 47.4. The highest BCUT2D eigenvalue weighted by Gasteiger charge is 2.60. The van der Waals surface area contributed by atoms with Crippen LogP contribution in [-0.2, 0) is 25.2 Å². The van der Waals surface area contributed by atoms with Gasteiger partial charge in [0.2, 0.25) is 0 Å². The van der Waals surface area contributed by atoms with E-state index in [1.807, 2.05) is 29.8 Å². The number of alkyl halides is 3. The predicted molar refractivity (Wildman–Crippen MR) is 149 cm³/mol. The number of pyridine rings is 1. The standard InChI is InChI=1S/C31H35F3N6O/c1-21-6-4-11-38(14-21)15-22-12-25(31(32,33)34)26-17-39(28(41)40(26)16-22)24-8-3-7-23(13-24)30(27-36-35-20-37(27)2)18-29(19-30)9-5-10-29/h3,7-8,12-13,16-17,20-21H,4-6,9-11,14-15,18-19H2,1-2H3/t21-/m0/s1. The van der Waals surface area contributed by atoms with Crippen molar-refractivity contribution in [1.29, 1.82) is 0 Å². The lowest BCUT2D eigenvalue weighted by Gasteiger charge is -2.60. The normalized spacial score (nSPS) is 22.1. The van der Waals surface area contributed by atoms with E-state index in [2.05, 4.69) is 22.0 Å². The second-order valence-electron chi connectivity index (χ2n) is 12.9. The quantitative estimate of drug-likeness (QED) is 0.311. The van der Waals surface area contributed by atoms with Crippen LogP contribution in [0.25, 0.3) is 11.2 Å². The molecule has 0 amide bonds. The summed E-state index contributed by atoms with van der Waals surface area (Å²) in [6.45, 7) is 4.25. The number of imidazole rings is 1. The van der Waals surface area contributed by atoms with Crippen molar-refractivity contribution in [3.63, 3.8) is 0 Å². The molecule has 7 nitrogen and oxygen atoms in total. The third-order valence-corrected chi connectivity index (χ3v) is 9.86. The number of fused-ring (bicyclic) bond motifs is 1. The van der Waals surface area contributed by atoms with E-state index < -0.39 is 17.4 Å². The van der Waals surface area contributed by atoms with E-state index in [-0.39, 0.29) is 10.9 Å². The molecule has 4 aromatic rings.